The molecule has 0 fully saturated rings. The second-order valence-corrected chi connectivity index (χ2v) is 6.53. The second kappa shape index (κ2) is 7.08. The van der Waals surface area contributed by atoms with E-state index in [4.69, 9.17) is 15.2 Å². The van der Waals surface area contributed by atoms with Crippen LogP contribution in [0.25, 0.3) is 27.6 Å². The molecule has 4 aromatic rings. The van der Waals surface area contributed by atoms with Crippen molar-refractivity contribution in [3.63, 3.8) is 0 Å². The monoisotopic (exact) mass is 379 g/mol. The van der Waals surface area contributed by atoms with Gasteiger partial charge in [0.15, 0.2) is 11.5 Å². The van der Waals surface area contributed by atoms with Crippen LogP contribution in [-0.4, -0.2) is 34.2 Å². The van der Waals surface area contributed by atoms with Gasteiger partial charge in [0.05, 0.1) is 25.6 Å². The molecule has 2 aromatic carbocycles. The van der Waals surface area contributed by atoms with Crippen LogP contribution in [0.15, 0.2) is 53.9 Å². The summed E-state index contributed by atoms with van der Waals surface area (Å²) in [6.07, 6.45) is 0. The Hall–Kier alpha value is -3.39. The van der Waals surface area contributed by atoms with Gasteiger partial charge in [0.25, 0.3) is 0 Å². The van der Waals surface area contributed by atoms with Gasteiger partial charge in [-0.2, -0.15) is 4.68 Å². The van der Waals surface area contributed by atoms with E-state index in [-0.39, 0.29) is 0 Å². The van der Waals surface area contributed by atoms with Crippen LogP contribution in [0, 0.1) is 0 Å². The molecule has 0 amide bonds. The van der Waals surface area contributed by atoms with Crippen LogP contribution in [0.2, 0.25) is 0 Å². The number of rotatable bonds is 5. The maximum Gasteiger partial charge on any atom is 0.165 e. The van der Waals surface area contributed by atoms with Crippen LogP contribution >= 0.6 is 11.3 Å². The number of para-hydroxylation sites is 1. The van der Waals surface area contributed by atoms with Gasteiger partial charge in [-0.05, 0) is 30.3 Å². The molecule has 0 atom stereocenters. The summed E-state index contributed by atoms with van der Waals surface area (Å²) in [6, 6.07) is 15.2. The molecule has 0 spiro atoms. The number of nitrogens with two attached hydrogens (primary N) is 1. The minimum absolute atomic E-state index is 0.444. The van der Waals surface area contributed by atoms with Crippen LogP contribution in [0.4, 0.5) is 5.82 Å². The number of hydrogen-bond acceptors (Lipinski definition) is 7. The van der Waals surface area contributed by atoms with Crippen molar-refractivity contribution in [3.05, 3.63) is 53.9 Å². The van der Waals surface area contributed by atoms with Gasteiger partial charge >= 0.3 is 0 Å². The largest absolute Gasteiger partial charge is 0.497 e. The zero-order chi connectivity index (χ0) is 18.8. The minimum atomic E-state index is 0.444. The summed E-state index contributed by atoms with van der Waals surface area (Å²) in [4.78, 5) is 4.69. The average molecular weight is 379 g/mol. The number of nitrogen functional groups attached to an aromatic ring is 1. The third-order valence-electron chi connectivity index (χ3n) is 4.10. The Morgan fingerprint density at radius 3 is 2.59 bits per heavy atom. The minimum Gasteiger partial charge on any atom is -0.497 e. The molecule has 0 unspecified atom stereocenters. The van der Waals surface area contributed by atoms with Crippen molar-refractivity contribution in [2.24, 2.45) is 0 Å². The standard InChI is InChI=1S/C19H17N5O2S/c1-25-13-8-9-16(26-2)14(10-13)15-11-27-19(21-15)17-18(20)24(23-22-17)12-6-4-3-5-7-12/h3-11H,20H2,1-2H3. The van der Waals surface area contributed by atoms with E-state index in [1.54, 1.807) is 18.9 Å². The van der Waals surface area contributed by atoms with Crippen molar-refractivity contribution >= 4 is 17.2 Å². The van der Waals surface area contributed by atoms with Crippen molar-refractivity contribution in [1.29, 1.82) is 0 Å². The van der Waals surface area contributed by atoms with E-state index in [1.807, 2.05) is 53.9 Å². The van der Waals surface area contributed by atoms with Gasteiger partial charge in [0.2, 0.25) is 0 Å². The predicted octanol–water partition coefficient (Wildman–Crippen LogP) is 3.66. The Morgan fingerprint density at radius 2 is 1.85 bits per heavy atom. The molecule has 136 valence electrons. The Kier molecular flexibility index (Phi) is 4.47. The van der Waals surface area contributed by atoms with Gasteiger partial charge < -0.3 is 15.2 Å². The number of nitrogens with zero attached hydrogens (tertiary/aromatic N) is 4. The summed E-state index contributed by atoms with van der Waals surface area (Å²) in [5.74, 6) is 1.89. The molecule has 0 aliphatic carbocycles. The number of ether oxygens (including phenoxy) is 2. The summed E-state index contributed by atoms with van der Waals surface area (Å²) in [5, 5.41) is 11.0. The lowest BCUT2D eigenvalue weighted by atomic mass is 10.1. The molecule has 2 heterocycles. The molecule has 0 saturated carbocycles. The van der Waals surface area contributed by atoms with Crippen molar-refractivity contribution in [2.45, 2.75) is 0 Å². The zero-order valence-corrected chi connectivity index (χ0v) is 15.6. The Balaban J connectivity index is 1.73. The van der Waals surface area contributed by atoms with Crippen LogP contribution in [0.5, 0.6) is 11.5 Å². The van der Waals surface area contributed by atoms with Crippen molar-refractivity contribution in [1.82, 2.24) is 20.0 Å². The molecule has 0 aliphatic rings. The SMILES string of the molecule is COc1ccc(OC)c(-c2csc(-c3nnn(-c4ccccc4)c3N)n2)c1. The lowest BCUT2D eigenvalue weighted by Crippen LogP contribution is -2.01. The molecular weight excluding hydrogens is 362 g/mol. The maximum atomic E-state index is 6.28. The van der Waals surface area contributed by atoms with E-state index in [2.05, 4.69) is 15.3 Å². The fraction of sp³-hybridized carbons (Fsp3) is 0.105. The van der Waals surface area contributed by atoms with Crippen LogP contribution in [0.3, 0.4) is 0 Å². The van der Waals surface area contributed by atoms with Crippen LogP contribution in [-0.2, 0) is 0 Å². The van der Waals surface area contributed by atoms with E-state index in [0.717, 1.165) is 22.7 Å². The highest BCUT2D eigenvalue weighted by Gasteiger charge is 2.18. The molecular formula is C19H17N5O2S. The summed E-state index contributed by atoms with van der Waals surface area (Å²) in [7, 11) is 3.25. The summed E-state index contributed by atoms with van der Waals surface area (Å²) < 4.78 is 12.4. The Bertz CT molecular complexity index is 1070. The van der Waals surface area contributed by atoms with Gasteiger partial charge in [-0.15, -0.1) is 16.4 Å². The smallest absolute Gasteiger partial charge is 0.165 e. The first kappa shape index (κ1) is 17.0. The normalized spacial score (nSPS) is 10.7. The third kappa shape index (κ3) is 3.11. The maximum absolute atomic E-state index is 6.28. The van der Waals surface area contributed by atoms with Crippen LogP contribution < -0.4 is 15.2 Å². The fourth-order valence-corrected chi connectivity index (χ4v) is 3.53. The van der Waals surface area contributed by atoms with Gasteiger partial charge in [-0.1, -0.05) is 23.4 Å². The van der Waals surface area contributed by atoms with E-state index in [0.29, 0.717) is 22.3 Å². The van der Waals surface area contributed by atoms with E-state index in [9.17, 15) is 0 Å². The lowest BCUT2D eigenvalue weighted by molar-refractivity contribution is 0.404. The van der Waals surface area contributed by atoms with Gasteiger partial charge in [0, 0.05) is 10.9 Å². The quantitative estimate of drug-likeness (QED) is 0.569. The number of benzene rings is 2. The first-order valence-corrected chi connectivity index (χ1v) is 9.04. The molecule has 0 aliphatic heterocycles. The summed E-state index contributed by atoms with van der Waals surface area (Å²) >= 11 is 1.45. The first-order chi connectivity index (χ1) is 13.2. The number of hydrogen-bond donors (Lipinski definition) is 1. The van der Waals surface area contributed by atoms with E-state index in [1.165, 1.54) is 11.3 Å². The highest BCUT2D eigenvalue weighted by atomic mass is 32.1. The molecule has 2 N–H and O–H groups in total. The highest BCUT2D eigenvalue weighted by Crippen LogP contribution is 2.37. The average Bonchev–Trinajstić information content (AvgIpc) is 3.34. The summed E-state index contributed by atoms with van der Waals surface area (Å²) in [6.45, 7) is 0. The van der Waals surface area contributed by atoms with Crippen molar-refractivity contribution in [2.75, 3.05) is 20.0 Å². The summed E-state index contributed by atoms with van der Waals surface area (Å²) in [5.41, 5.74) is 9.28. The fourth-order valence-electron chi connectivity index (χ4n) is 2.72. The lowest BCUT2D eigenvalue weighted by Gasteiger charge is -2.08. The topological polar surface area (TPSA) is 88.1 Å². The first-order valence-electron chi connectivity index (χ1n) is 8.16. The molecule has 8 heteroatoms. The third-order valence-corrected chi connectivity index (χ3v) is 4.94. The Labute approximate surface area is 160 Å². The van der Waals surface area contributed by atoms with E-state index >= 15 is 0 Å². The Morgan fingerprint density at radius 1 is 1.04 bits per heavy atom. The number of anilines is 1. The van der Waals surface area contributed by atoms with Gasteiger partial charge in [-0.25, -0.2) is 4.98 Å². The second-order valence-electron chi connectivity index (χ2n) is 5.67. The molecule has 4 rings (SSSR count). The van der Waals surface area contributed by atoms with Gasteiger partial charge in [0.1, 0.15) is 16.5 Å². The zero-order valence-electron chi connectivity index (χ0n) is 14.8. The molecule has 0 bridgehead atoms. The number of methoxy groups -OCH3 is 2. The molecule has 0 saturated heterocycles. The molecule has 0 radical (unpaired) electrons. The van der Waals surface area contributed by atoms with Crippen molar-refractivity contribution in [3.8, 4) is 39.1 Å². The van der Waals surface area contributed by atoms with E-state index < -0.39 is 0 Å². The molecule has 27 heavy (non-hydrogen) atoms. The number of thiazole rings is 1. The van der Waals surface area contributed by atoms with Gasteiger partial charge in [-0.3, -0.25) is 0 Å². The van der Waals surface area contributed by atoms with Crippen molar-refractivity contribution < 1.29 is 9.47 Å². The number of aromatic nitrogens is 4. The molecule has 2 aromatic heterocycles. The highest BCUT2D eigenvalue weighted by molar-refractivity contribution is 7.13. The predicted molar refractivity (Wildman–Crippen MR) is 105 cm³/mol. The van der Waals surface area contributed by atoms with Crippen LogP contribution in [0.1, 0.15) is 0 Å². The molecule has 7 nitrogen and oxygen atoms in total.